The molecule has 0 unspecified atom stereocenters. The van der Waals surface area contributed by atoms with Crippen molar-refractivity contribution in [2.24, 2.45) is 0 Å². The molecule has 2 rings (SSSR count). The lowest BCUT2D eigenvalue weighted by molar-refractivity contribution is -0.124. The van der Waals surface area contributed by atoms with E-state index in [1.54, 1.807) is 18.2 Å². The van der Waals surface area contributed by atoms with Gasteiger partial charge in [0.1, 0.15) is 0 Å². The first kappa shape index (κ1) is 14.0. The standard InChI is InChI=1S/C14H16N2O4/c1-9(17)15-12-4-2-3-10(7-12)14(19)20-8-13(18)16-11-5-6-11/h2-4,7,11H,5-6,8H2,1H3,(H,15,17)(H,16,18). The normalized spacial score (nSPS) is 13.4. The SMILES string of the molecule is CC(=O)Nc1cccc(C(=O)OCC(=O)NC2CC2)c1. The van der Waals surface area contributed by atoms with Crippen LogP contribution in [0.2, 0.25) is 0 Å². The fourth-order valence-corrected chi connectivity index (χ4v) is 1.64. The number of anilines is 1. The van der Waals surface area contributed by atoms with Crippen molar-refractivity contribution in [3.05, 3.63) is 29.8 Å². The maximum atomic E-state index is 11.8. The molecule has 0 spiro atoms. The van der Waals surface area contributed by atoms with Gasteiger partial charge in [-0.2, -0.15) is 0 Å². The highest BCUT2D eigenvalue weighted by Crippen LogP contribution is 2.18. The van der Waals surface area contributed by atoms with Crippen LogP contribution in [0.3, 0.4) is 0 Å². The molecule has 20 heavy (non-hydrogen) atoms. The smallest absolute Gasteiger partial charge is 0.338 e. The second-order valence-corrected chi connectivity index (χ2v) is 4.68. The average Bonchev–Trinajstić information content (AvgIpc) is 3.19. The van der Waals surface area contributed by atoms with Gasteiger partial charge >= 0.3 is 5.97 Å². The molecule has 0 atom stereocenters. The van der Waals surface area contributed by atoms with Crippen LogP contribution >= 0.6 is 0 Å². The molecule has 106 valence electrons. The summed E-state index contributed by atoms with van der Waals surface area (Å²) in [5.41, 5.74) is 0.796. The summed E-state index contributed by atoms with van der Waals surface area (Å²) in [5.74, 6) is -1.11. The summed E-state index contributed by atoms with van der Waals surface area (Å²) in [5, 5.41) is 5.30. The van der Waals surface area contributed by atoms with Crippen LogP contribution in [0.5, 0.6) is 0 Å². The Morgan fingerprint density at radius 3 is 2.70 bits per heavy atom. The Morgan fingerprint density at radius 1 is 1.30 bits per heavy atom. The van der Waals surface area contributed by atoms with Crippen molar-refractivity contribution in [1.29, 1.82) is 0 Å². The summed E-state index contributed by atoms with van der Waals surface area (Å²) in [6.45, 7) is 1.09. The Balaban J connectivity index is 1.87. The third kappa shape index (κ3) is 4.38. The minimum Gasteiger partial charge on any atom is -0.452 e. The van der Waals surface area contributed by atoms with Crippen LogP contribution in [-0.2, 0) is 14.3 Å². The minimum absolute atomic E-state index is 0.223. The lowest BCUT2D eigenvalue weighted by Gasteiger charge is -2.07. The zero-order valence-electron chi connectivity index (χ0n) is 11.1. The molecule has 0 saturated heterocycles. The zero-order chi connectivity index (χ0) is 14.5. The maximum Gasteiger partial charge on any atom is 0.338 e. The third-order valence-corrected chi connectivity index (χ3v) is 2.70. The van der Waals surface area contributed by atoms with Gasteiger partial charge in [0, 0.05) is 18.7 Å². The molecular formula is C14H16N2O4. The monoisotopic (exact) mass is 276 g/mol. The van der Waals surface area contributed by atoms with Crippen molar-refractivity contribution in [1.82, 2.24) is 5.32 Å². The second-order valence-electron chi connectivity index (χ2n) is 4.68. The molecule has 1 aliphatic rings. The Hall–Kier alpha value is -2.37. The van der Waals surface area contributed by atoms with Crippen LogP contribution < -0.4 is 10.6 Å². The molecule has 0 aliphatic heterocycles. The van der Waals surface area contributed by atoms with Gasteiger partial charge in [-0.25, -0.2) is 4.79 Å². The molecule has 6 nitrogen and oxygen atoms in total. The largest absolute Gasteiger partial charge is 0.452 e. The highest BCUT2D eigenvalue weighted by Gasteiger charge is 2.23. The van der Waals surface area contributed by atoms with Gasteiger partial charge in [-0.3, -0.25) is 9.59 Å². The van der Waals surface area contributed by atoms with E-state index in [-0.39, 0.29) is 30.0 Å². The van der Waals surface area contributed by atoms with Gasteiger partial charge in [0.15, 0.2) is 6.61 Å². The molecule has 1 aliphatic carbocycles. The molecule has 0 radical (unpaired) electrons. The quantitative estimate of drug-likeness (QED) is 0.788. The number of carbonyl (C=O) groups is 3. The van der Waals surface area contributed by atoms with Crippen molar-refractivity contribution in [3.8, 4) is 0 Å². The van der Waals surface area contributed by atoms with E-state index in [0.29, 0.717) is 5.69 Å². The summed E-state index contributed by atoms with van der Waals surface area (Å²) >= 11 is 0. The first-order valence-electron chi connectivity index (χ1n) is 6.39. The van der Waals surface area contributed by atoms with Gasteiger partial charge in [-0.15, -0.1) is 0 Å². The Labute approximate surface area is 116 Å². The molecule has 6 heteroatoms. The van der Waals surface area contributed by atoms with E-state index in [9.17, 15) is 14.4 Å². The first-order chi connectivity index (χ1) is 9.54. The molecule has 2 N–H and O–H groups in total. The number of hydrogen-bond acceptors (Lipinski definition) is 4. The van der Waals surface area contributed by atoms with Crippen LogP contribution in [0, 0.1) is 0 Å². The zero-order valence-corrected chi connectivity index (χ0v) is 11.1. The lowest BCUT2D eigenvalue weighted by atomic mass is 10.2. The predicted molar refractivity (Wildman–Crippen MR) is 72.2 cm³/mol. The summed E-state index contributed by atoms with van der Waals surface area (Å²) < 4.78 is 4.91. The number of nitrogens with one attached hydrogen (secondary N) is 2. The Bertz CT molecular complexity index is 538. The Kier molecular flexibility index (Phi) is 4.34. The molecule has 0 aromatic heterocycles. The summed E-state index contributed by atoms with van der Waals surface area (Å²) in [6, 6.07) is 6.60. The average molecular weight is 276 g/mol. The van der Waals surface area contributed by atoms with Crippen molar-refractivity contribution < 1.29 is 19.1 Å². The van der Waals surface area contributed by atoms with Gasteiger partial charge in [-0.05, 0) is 31.0 Å². The number of esters is 1. The van der Waals surface area contributed by atoms with Gasteiger partial charge < -0.3 is 15.4 Å². The van der Waals surface area contributed by atoms with E-state index in [4.69, 9.17) is 4.74 Å². The number of rotatable bonds is 5. The van der Waals surface area contributed by atoms with Crippen molar-refractivity contribution >= 4 is 23.5 Å². The van der Waals surface area contributed by atoms with E-state index in [2.05, 4.69) is 10.6 Å². The minimum atomic E-state index is -0.594. The van der Waals surface area contributed by atoms with Gasteiger partial charge in [-0.1, -0.05) is 6.07 Å². The lowest BCUT2D eigenvalue weighted by Crippen LogP contribution is -2.30. The maximum absolute atomic E-state index is 11.8. The van der Waals surface area contributed by atoms with E-state index in [1.807, 2.05) is 0 Å². The summed E-state index contributed by atoms with van der Waals surface area (Å²) in [7, 11) is 0. The van der Waals surface area contributed by atoms with E-state index < -0.39 is 5.97 Å². The van der Waals surface area contributed by atoms with Crippen LogP contribution in [-0.4, -0.2) is 30.4 Å². The first-order valence-corrected chi connectivity index (χ1v) is 6.39. The number of ether oxygens (including phenoxy) is 1. The summed E-state index contributed by atoms with van der Waals surface area (Å²) in [4.78, 5) is 34.1. The number of carbonyl (C=O) groups excluding carboxylic acids is 3. The van der Waals surface area contributed by atoms with Crippen LogP contribution in [0.1, 0.15) is 30.1 Å². The topological polar surface area (TPSA) is 84.5 Å². The van der Waals surface area contributed by atoms with Gasteiger partial charge in [0.2, 0.25) is 5.91 Å². The van der Waals surface area contributed by atoms with E-state index in [1.165, 1.54) is 13.0 Å². The van der Waals surface area contributed by atoms with Gasteiger partial charge in [0.05, 0.1) is 5.56 Å². The predicted octanol–water partition coefficient (Wildman–Crippen LogP) is 1.08. The van der Waals surface area contributed by atoms with E-state index >= 15 is 0 Å². The summed E-state index contributed by atoms with van der Waals surface area (Å²) in [6.07, 6.45) is 1.97. The Morgan fingerprint density at radius 2 is 2.05 bits per heavy atom. The molecule has 1 saturated carbocycles. The van der Waals surface area contributed by atoms with Crippen molar-refractivity contribution in [2.45, 2.75) is 25.8 Å². The molecule has 0 bridgehead atoms. The number of amides is 2. The van der Waals surface area contributed by atoms with E-state index in [0.717, 1.165) is 12.8 Å². The molecule has 1 aromatic rings. The van der Waals surface area contributed by atoms with Crippen molar-refractivity contribution in [2.75, 3.05) is 11.9 Å². The molecular weight excluding hydrogens is 260 g/mol. The van der Waals surface area contributed by atoms with Crippen LogP contribution in [0.25, 0.3) is 0 Å². The number of hydrogen-bond donors (Lipinski definition) is 2. The third-order valence-electron chi connectivity index (χ3n) is 2.70. The molecule has 1 aromatic carbocycles. The molecule has 0 heterocycles. The van der Waals surface area contributed by atoms with Crippen LogP contribution in [0.15, 0.2) is 24.3 Å². The molecule has 2 amide bonds. The number of benzene rings is 1. The van der Waals surface area contributed by atoms with Crippen molar-refractivity contribution in [3.63, 3.8) is 0 Å². The second kappa shape index (κ2) is 6.18. The van der Waals surface area contributed by atoms with Crippen LogP contribution in [0.4, 0.5) is 5.69 Å². The fourth-order valence-electron chi connectivity index (χ4n) is 1.64. The fraction of sp³-hybridized carbons (Fsp3) is 0.357. The highest BCUT2D eigenvalue weighted by molar-refractivity contribution is 5.94. The van der Waals surface area contributed by atoms with Gasteiger partial charge in [0.25, 0.3) is 5.91 Å². The highest BCUT2D eigenvalue weighted by atomic mass is 16.5. The molecule has 1 fully saturated rings.